The first kappa shape index (κ1) is 22.6. The Bertz CT molecular complexity index is 1100. The van der Waals surface area contributed by atoms with Crippen LogP contribution >= 0.6 is 0 Å². The molecule has 0 saturated heterocycles. The van der Waals surface area contributed by atoms with Crippen LogP contribution in [0, 0.1) is 6.92 Å². The first-order valence-electron chi connectivity index (χ1n) is 9.86. The number of hydrogen-bond acceptors (Lipinski definition) is 6. The molecular weight excluding hydrogens is 408 g/mol. The Morgan fingerprint density at radius 2 is 1.34 bits per heavy atom. The molecule has 0 heterocycles. The Hall–Kier alpha value is -4.06. The van der Waals surface area contributed by atoms with Crippen molar-refractivity contribution in [1.82, 2.24) is 0 Å². The lowest BCUT2D eigenvalue weighted by Crippen LogP contribution is -2.09. The second-order valence-electron chi connectivity index (χ2n) is 6.94. The van der Waals surface area contributed by atoms with Crippen LogP contribution in [0.4, 0.5) is 0 Å². The lowest BCUT2D eigenvalue weighted by molar-refractivity contribution is 0.0733. The summed E-state index contributed by atoms with van der Waals surface area (Å²) in [5, 5.41) is 0. The van der Waals surface area contributed by atoms with Crippen LogP contribution in [0.2, 0.25) is 0 Å². The molecule has 0 N–H and O–H groups in total. The van der Waals surface area contributed by atoms with Crippen molar-refractivity contribution in [1.29, 1.82) is 0 Å². The summed E-state index contributed by atoms with van der Waals surface area (Å²) in [6, 6.07) is 17.3. The number of esters is 1. The second-order valence-corrected chi connectivity index (χ2v) is 6.94. The number of ketones is 1. The number of carbonyl (C=O) groups excluding carboxylic acids is 2. The van der Waals surface area contributed by atoms with E-state index in [0.717, 1.165) is 11.1 Å². The van der Waals surface area contributed by atoms with Gasteiger partial charge in [0.1, 0.15) is 5.75 Å². The first-order chi connectivity index (χ1) is 15.4. The molecule has 0 aliphatic rings. The van der Waals surface area contributed by atoms with E-state index in [4.69, 9.17) is 18.9 Å². The molecule has 0 fully saturated rings. The van der Waals surface area contributed by atoms with E-state index in [2.05, 4.69) is 0 Å². The SMILES string of the molecule is COc1cc(C(=O)Oc2ccc(/C=C/C(=O)c3ccc(C)cc3)cc2)cc(OC)c1OC. The van der Waals surface area contributed by atoms with Gasteiger partial charge >= 0.3 is 5.97 Å². The number of methoxy groups -OCH3 is 3. The van der Waals surface area contributed by atoms with Gasteiger partial charge in [-0.1, -0.05) is 48.0 Å². The van der Waals surface area contributed by atoms with Crippen LogP contribution in [0.25, 0.3) is 6.08 Å². The standard InChI is InChI=1S/C26H24O6/c1-17-5-10-19(11-6-17)22(27)14-9-18-7-12-21(13-8-18)32-26(28)20-15-23(29-2)25(31-4)24(16-20)30-3/h5-16H,1-4H3/b14-9+. The third-order valence-corrected chi connectivity index (χ3v) is 4.75. The highest BCUT2D eigenvalue weighted by Gasteiger charge is 2.18. The van der Waals surface area contributed by atoms with E-state index in [1.807, 2.05) is 19.1 Å². The maximum absolute atomic E-state index is 12.6. The Labute approximate surface area is 187 Å². The van der Waals surface area contributed by atoms with Crippen LogP contribution in [0.1, 0.15) is 31.8 Å². The quantitative estimate of drug-likeness (QED) is 0.213. The number of ether oxygens (including phenoxy) is 4. The van der Waals surface area contributed by atoms with E-state index < -0.39 is 5.97 Å². The summed E-state index contributed by atoms with van der Waals surface area (Å²) in [5.74, 6) is 0.827. The fourth-order valence-corrected chi connectivity index (χ4v) is 3.00. The highest BCUT2D eigenvalue weighted by atomic mass is 16.5. The molecule has 0 aliphatic carbocycles. The summed E-state index contributed by atoms with van der Waals surface area (Å²) in [7, 11) is 4.44. The average molecular weight is 432 g/mol. The molecule has 3 aromatic rings. The van der Waals surface area contributed by atoms with E-state index in [-0.39, 0.29) is 11.3 Å². The van der Waals surface area contributed by atoms with Crippen molar-refractivity contribution >= 4 is 17.8 Å². The molecule has 6 nitrogen and oxygen atoms in total. The number of carbonyl (C=O) groups is 2. The summed E-state index contributed by atoms with van der Waals surface area (Å²) in [5.41, 5.74) is 2.79. The number of aryl methyl sites for hydroxylation is 1. The van der Waals surface area contributed by atoms with Gasteiger partial charge in [0.05, 0.1) is 26.9 Å². The predicted molar refractivity (Wildman–Crippen MR) is 122 cm³/mol. The van der Waals surface area contributed by atoms with Crippen LogP contribution in [0.5, 0.6) is 23.0 Å². The van der Waals surface area contributed by atoms with Crippen LogP contribution in [0.15, 0.2) is 66.7 Å². The van der Waals surface area contributed by atoms with Crippen molar-refractivity contribution in [3.8, 4) is 23.0 Å². The maximum atomic E-state index is 12.6. The van der Waals surface area contributed by atoms with Gasteiger partial charge in [-0.25, -0.2) is 4.79 Å². The van der Waals surface area contributed by atoms with Crippen molar-refractivity contribution in [2.75, 3.05) is 21.3 Å². The molecule has 0 amide bonds. The number of rotatable bonds is 8. The maximum Gasteiger partial charge on any atom is 0.343 e. The highest BCUT2D eigenvalue weighted by Crippen LogP contribution is 2.38. The molecule has 0 saturated carbocycles. The molecule has 164 valence electrons. The number of allylic oxidation sites excluding steroid dienone is 1. The molecule has 0 radical (unpaired) electrons. The molecule has 32 heavy (non-hydrogen) atoms. The lowest BCUT2D eigenvalue weighted by atomic mass is 10.1. The minimum absolute atomic E-state index is 0.0806. The van der Waals surface area contributed by atoms with Crippen molar-refractivity contribution in [3.05, 3.63) is 89.0 Å². The van der Waals surface area contributed by atoms with Gasteiger partial charge in [0.2, 0.25) is 5.75 Å². The van der Waals surface area contributed by atoms with Crippen molar-refractivity contribution in [2.45, 2.75) is 6.92 Å². The molecule has 0 unspecified atom stereocenters. The van der Waals surface area contributed by atoms with Crippen LogP contribution in [0.3, 0.4) is 0 Å². The number of benzene rings is 3. The third-order valence-electron chi connectivity index (χ3n) is 4.75. The Morgan fingerprint density at radius 1 is 0.750 bits per heavy atom. The van der Waals surface area contributed by atoms with Gasteiger partial charge in [-0.2, -0.15) is 0 Å². The zero-order chi connectivity index (χ0) is 23.1. The van der Waals surface area contributed by atoms with E-state index in [0.29, 0.717) is 28.6 Å². The van der Waals surface area contributed by atoms with Gasteiger partial charge in [0.15, 0.2) is 17.3 Å². The van der Waals surface area contributed by atoms with E-state index in [9.17, 15) is 9.59 Å². The zero-order valence-corrected chi connectivity index (χ0v) is 18.4. The Balaban J connectivity index is 1.69. The summed E-state index contributed by atoms with van der Waals surface area (Å²) in [6.45, 7) is 1.97. The summed E-state index contributed by atoms with van der Waals surface area (Å²) in [6.07, 6.45) is 3.23. The fourth-order valence-electron chi connectivity index (χ4n) is 3.00. The molecule has 0 aromatic heterocycles. The smallest absolute Gasteiger partial charge is 0.343 e. The van der Waals surface area contributed by atoms with Crippen molar-refractivity contribution in [3.63, 3.8) is 0 Å². The van der Waals surface area contributed by atoms with Gasteiger partial charge < -0.3 is 18.9 Å². The van der Waals surface area contributed by atoms with Crippen LogP contribution < -0.4 is 18.9 Å². The Morgan fingerprint density at radius 3 is 1.88 bits per heavy atom. The van der Waals surface area contributed by atoms with Gasteiger partial charge in [-0.15, -0.1) is 0 Å². The van der Waals surface area contributed by atoms with E-state index in [1.165, 1.54) is 39.5 Å². The van der Waals surface area contributed by atoms with Gasteiger partial charge in [-0.3, -0.25) is 4.79 Å². The molecule has 0 atom stereocenters. The molecule has 0 aliphatic heterocycles. The molecule has 6 heteroatoms. The fraction of sp³-hybridized carbons (Fsp3) is 0.154. The van der Waals surface area contributed by atoms with Crippen molar-refractivity contribution in [2.24, 2.45) is 0 Å². The van der Waals surface area contributed by atoms with E-state index in [1.54, 1.807) is 42.5 Å². The molecule has 3 rings (SSSR count). The van der Waals surface area contributed by atoms with Gasteiger partial charge in [0, 0.05) is 5.56 Å². The largest absolute Gasteiger partial charge is 0.493 e. The molecule has 0 bridgehead atoms. The van der Waals surface area contributed by atoms with Crippen LogP contribution in [-0.2, 0) is 0 Å². The number of hydrogen-bond donors (Lipinski definition) is 0. The monoisotopic (exact) mass is 432 g/mol. The minimum Gasteiger partial charge on any atom is -0.493 e. The van der Waals surface area contributed by atoms with Crippen LogP contribution in [-0.4, -0.2) is 33.1 Å². The summed E-state index contributed by atoms with van der Waals surface area (Å²) < 4.78 is 21.3. The highest BCUT2D eigenvalue weighted by molar-refractivity contribution is 6.06. The zero-order valence-electron chi connectivity index (χ0n) is 18.4. The average Bonchev–Trinajstić information content (AvgIpc) is 2.82. The third kappa shape index (κ3) is 5.35. The molecule has 0 spiro atoms. The topological polar surface area (TPSA) is 71.1 Å². The first-order valence-corrected chi connectivity index (χ1v) is 9.86. The minimum atomic E-state index is -0.568. The van der Waals surface area contributed by atoms with Gasteiger partial charge in [-0.05, 0) is 42.8 Å². The molecular formula is C26H24O6. The summed E-state index contributed by atoms with van der Waals surface area (Å²) in [4.78, 5) is 24.9. The Kier molecular flexibility index (Phi) is 7.29. The normalized spacial score (nSPS) is 10.6. The second kappa shape index (κ2) is 10.3. The van der Waals surface area contributed by atoms with Crippen molar-refractivity contribution < 1.29 is 28.5 Å². The lowest BCUT2D eigenvalue weighted by Gasteiger charge is -2.13. The summed E-state index contributed by atoms with van der Waals surface area (Å²) >= 11 is 0. The predicted octanol–water partition coefficient (Wildman–Crippen LogP) is 5.14. The molecule has 3 aromatic carbocycles. The van der Waals surface area contributed by atoms with Gasteiger partial charge in [0.25, 0.3) is 0 Å². The van der Waals surface area contributed by atoms with E-state index >= 15 is 0 Å².